The van der Waals surface area contributed by atoms with E-state index in [-0.39, 0.29) is 34.9 Å². The Morgan fingerprint density at radius 3 is 2.43 bits per heavy atom. The first-order valence-electron chi connectivity index (χ1n) is 9.65. The second-order valence-electron chi connectivity index (χ2n) is 7.60. The van der Waals surface area contributed by atoms with Gasteiger partial charge in [-0.2, -0.15) is 4.39 Å². The molecule has 164 valence electrons. The first kappa shape index (κ1) is 23.5. The number of carbonyl (C=O) groups is 1. The SMILES string of the molecule is COc1cccc(F)c1F.Cc1cc(=O)c(C(=O)N(C)C)c(C2C[C@H](C)C(C)O2)[nH]1. The fourth-order valence-electron chi connectivity index (χ4n) is 3.20. The molecule has 1 aromatic heterocycles. The fourth-order valence-corrected chi connectivity index (χ4v) is 3.20. The van der Waals surface area contributed by atoms with Crippen LogP contribution in [0.2, 0.25) is 0 Å². The third kappa shape index (κ3) is 5.24. The number of H-pyrrole nitrogens is 1. The van der Waals surface area contributed by atoms with Crippen molar-refractivity contribution in [2.24, 2.45) is 5.92 Å². The van der Waals surface area contributed by atoms with Crippen LogP contribution >= 0.6 is 0 Å². The van der Waals surface area contributed by atoms with Crippen molar-refractivity contribution in [2.75, 3.05) is 21.2 Å². The van der Waals surface area contributed by atoms with Crippen LogP contribution in [0.1, 0.15) is 48.1 Å². The molecular weight excluding hydrogens is 394 g/mol. The molecule has 0 saturated carbocycles. The number of nitrogens with one attached hydrogen (secondary N) is 1. The Balaban J connectivity index is 0.000000269. The monoisotopic (exact) mass is 422 g/mol. The molecule has 30 heavy (non-hydrogen) atoms. The van der Waals surface area contributed by atoms with E-state index < -0.39 is 11.6 Å². The van der Waals surface area contributed by atoms with Gasteiger partial charge in [-0.3, -0.25) is 9.59 Å². The van der Waals surface area contributed by atoms with Crippen LogP contribution in [0, 0.1) is 24.5 Å². The topological polar surface area (TPSA) is 71.6 Å². The Bertz CT molecular complexity index is 949. The molecule has 0 spiro atoms. The molecule has 0 radical (unpaired) electrons. The molecule has 2 heterocycles. The van der Waals surface area contributed by atoms with E-state index in [9.17, 15) is 18.4 Å². The highest BCUT2D eigenvalue weighted by Crippen LogP contribution is 2.36. The molecule has 1 N–H and O–H groups in total. The van der Waals surface area contributed by atoms with Crippen LogP contribution in [0.5, 0.6) is 5.75 Å². The average Bonchev–Trinajstić information content (AvgIpc) is 3.02. The van der Waals surface area contributed by atoms with Gasteiger partial charge in [0.05, 0.1) is 25.0 Å². The van der Waals surface area contributed by atoms with Crippen molar-refractivity contribution in [3.8, 4) is 5.75 Å². The minimum absolute atomic E-state index is 0.0694. The van der Waals surface area contributed by atoms with Gasteiger partial charge in [0.2, 0.25) is 5.82 Å². The molecule has 1 saturated heterocycles. The second kappa shape index (κ2) is 9.84. The van der Waals surface area contributed by atoms with Gasteiger partial charge in [-0.05, 0) is 38.3 Å². The molecule has 6 nitrogen and oxygen atoms in total. The summed E-state index contributed by atoms with van der Waals surface area (Å²) in [5.74, 6) is -1.77. The molecule has 1 fully saturated rings. The standard InChI is InChI=1S/C15H22N2O3.C7H6F2O/c1-8-6-12(20-10(8)3)14-13(15(19)17(4)5)11(18)7-9(2)16-14;1-10-6-4-2-3-5(8)7(6)9/h7-8,10,12H,6H2,1-5H3,(H,16,18);2-4H,1H3/t8-,10?,12?;/m0./s1. The molecule has 1 amide bonds. The van der Waals surface area contributed by atoms with Crippen molar-refractivity contribution < 1.29 is 23.0 Å². The largest absolute Gasteiger partial charge is 0.494 e. The summed E-state index contributed by atoms with van der Waals surface area (Å²) < 4.78 is 35.2. The minimum atomic E-state index is -0.940. The normalized spacial score (nSPS) is 20.3. The Kier molecular flexibility index (Phi) is 7.72. The number of halogens is 2. The Morgan fingerprint density at radius 1 is 1.27 bits per heavy atom. The number of methoxy groups -OCH3 is 1. The van der Waals surface area contributed by atoms with Gasteiger partial charge >= 0.3 is 0 Å². The highest BCUT2D eigenvalue weighted by molar-refractivity contribution is 5.95. The van der Waals surface area contributed by atoms with E-state index in [1.807, 2.05) is 13.8 Å². The van der Waals surface area contributed by atoms with Crippen molar-refractivity contribution in [1.29, 1.82) is 0 Å². The molecule has 2 aromatic rings. The smallest absolute Gasteiger partial charge is 0.259 e. The zero-order chi connectivity index (χ0) is 22.6. The second-order valence-corrected chi connectivity index (χ2v) is 7.60. The predicted molar refractivity (Wildman–Crippen MR) is 110 cm³/mol. The van der Waals surface area contributed by atoms with Gasteiger partial charge in [0.1, 0.15) is 5.56 Å². The van der Waals surface area contributed by atoms with Crippen LogP contribution < -0.4 is 10.2 Å². The number of aromatic amines is 1. The van der Waals surface area contributed by atoms with Crippen LogP contribution in [-0.4, -0.2) is 43.1 Å². The van der Waals surface area contributed by atoms with Gasteiger partial charge in [0.25, 0.3) is 5.91 Å². The van der Waals surface area contributed by atoms with Gasteiger partial charge in [-0.25, -0.2) is 4.39 Å². The summed E-state index contributed by atoms with van der Waals surface area (Å²) in [6, 6.07) is 5.25. The predicted octanol–water partition coefficient (Wildman–Crippen LogP) is 3.84. The summed E-state index contributed by atoms with van der Waals surface area (Å²) >= 11 is 0. The first-order chi connectivity index (χ1) is 14.1. The fraction of sp³-hybridized carbons (Fsp3) is 0.455. The number of rotatable bonds is 3. The molecule has 8 heteroatoms. The number of benzene rings is 1. The van der Waals surface area contributed by atoms with Crippen LogP contribution in [0.15, 0.2) is 29.1 Å². The van der Waals surface area contributed by atoms with Crippen molar-refractivity contribution in [3.63, 3.8) is 0 Å². The molecule has 1 aromatic carbocycles. The Morgan fingerprint density at radius 2 is 1.93 bits per heavy atom. The third-order valence-corrected chi connectivity index (χ3v) is 5.04. The number of hydrogen-bond donors (Lipinski definition) is 1. The van der Waals surface area contributed by atoms with Crippen molar-refractivity contribution in [1.82, 2.24) is 9.88 Å². The van der Waals surface area contributed by atoms with E-state index in [2.05, 4.69) is 16.6 Å². The molecule has 3 rings (SSSR count). The minimum Gasteiger partial charge on any atom is -0.494 e. The number of amides is 1. The van der Waals surface area contributed by atoms with E-state index in [1.54, 1.807) is 14.1 Å². The molecule has 1 aliphatic heterocycles. The zero-order valence-corrected chi connectivity index (χ0v) is 18.1. The summed E-state index contributed by atoms with van der Waals surface area (Å²) in [5, 5.41) is 0. The van der Waals surface area contributed by atoms with E-state index in [0.717, 1.165) is 18.2 Å². The van der Waals surface area contributed by atoms with Gasteiger partial charge < -0.3 is 19.4 Å². The number of nitrogens with zero attached hydrogens (tertiary/aromatic N) is 1. The lowest BCUT2D eigenvalue weighted by molar-refractivity contribution is 0.0436. The van der Waals surface area contributed by atoms with Crippen molar-refractivity contribution >= 4 is 5.91 Å². The molecule has 0 bridgehead atoms. The van der Waals surface area contributed by atoms with Crippen molar-refractivity contribution in [3.05, 3.63) is 63.1 Å². The highest BCUT2D eigenvalue weighted by Gasteiger charge is 2.34. The summed E-state index contributed by atoms with van der Waals surface area (Å²) in [6.45, 7) is 5.95. The maximum absolute atomic E-state index is 12.5. The summed E-state index contributed by atoms with van der Waals surface area (Å²) in [4.78, 5) is 29.1. The van der Waals surface area contributed by atoms with Crippen LogP contribution in [0.4, 0.5) is 8.78 Å². The third-order valence-electron chi connectivity index (χ3n) is 5.04. The van der Waals surface area contributed by atoms with Crippen molar-refractivity contribution in [2.45, 2.75) is 39.4 Å². The number of ether oxygens (including phenoxy) is 2. The zero-order valence-electron chi connectivity index (χ0n) is 18.1. The number of hydrogen-bond acceptors (Lipinski definition) is 4. The number of pyridine rings is 1. The lowest BCUT2D eigenvalue weighted by Gasteiger charge is -2.18. The summed E-state index contributed by atoms with van der Waals surface area (Å²) in [6.07, 6.45) is 0.728. The maximum Gasteiger partial charge on any atom is 0.259 e. The quantitative estimate of drug-likeness (QED) is 0.816. The van der Waals surface area contributed by atoms with Gasteiger partial charge in [-0.1, -0.05) is 13.0 Å². The number of aryl methyl sites for hydroxylation is 1. The maximum atomic E-state index is 12.5. The van der Waals surface area contributed by atoms with E-state index >= 15 is 0 Å². The van der Waals surface area contributed by atoms with E-state index in [4.69, 9.17) is 4.74 Å². The lowest BCUT2D eigenvalue weighted by Crippen LogP contribution is -2.30. The van der Waals surface area contributed by atoms with E-state index in [1.165, 1.54) is 30.2 Å². The molecule has 3 atom stereocenters. The highest BCUT2D eigenvalue weighted by atomic mass is 19.2. The molecule has 2 unspecified atom stereocenters. The summed E-state index contributed by atoms with van der Waals surface area (Å²) in [7, 11) is 4.58. The van der Waals surface area contributed by atoms with Gasteiger partial charge in [0, 0.05) is 25.9 Å². The van der Waals surface area contributed by atoms with Crippen LogP contribution in [-0.2, 0) is 4.74 Å². The summed E-state index contributed by atoms with van der Waals surface area (Å²) in [5.41, 5.74) is 1.32. The lowest BCUT2D eigenvalue weighted by atomic mass is 9.98. The van der Waals surface area contributed by atoms with Crippen LogP contribution in [0.3, 0.4) is 0 Å². The Labute approximate surface area is 174 Å². The molecule has 0 aliphatic carbocycles. The molecule has 1 aliphatic rings. The average molecular weight is 422 g/mol. The van der Waals surface area contributed by atoms with Gasteiger partial charge in [-0.15, -0.1) is 0 Å². The number of aromatic nitrogens is 1. The number of carbonyl (C=O) groups excluding carboxylic acids is 1. The Hall–Kier alpha value is -2.74. The van der Waals surface area contributed by atoms with Gasteiger partial charge in [0.15, 0.2) is 17.0 Å². The molecular formula is C22H28F2N2O4. The van der Waals surface area contributed by atoms with Crippen LogP contribution in [0.25, 0.3) is 0 Å². The van der Waals surface area contributed by atoms with E-state index in [0.29, 0.717) is 11.6 Å². The first-order valence-corrected chi connectivity index (χ1v) is 9.65.